The second kappa shape index (κ2) is 5.22. The fourth-order valence-electron chi connectivity index (χ4n) is 0. The Hall–Kier alpha value is -1.47. The van der Waals surface area contributed by atoms with Crippen molar-refractivity contribution in [1.82, 2.24) is 5.32 Å². The fourth-order valence-corrected chi connectivity index (χ4v) is 0. The molecule has 0 aromatic carbocycles. The smallest absolute Gasteiger partial charge is 0.475 e. The van der Waals surface area contributed by atoms with Crippen LogP contribution in [0.5, 0.6) is 0 Å². The lowest BCUT2D eigenvalue weighted by Gasteiger charge is -1.93. The van der Waals surface area contributed by atoms with Crippen molar-refractivity contribution >= 4 is 12.0 Å². The van der Waals surface area contributed by atoms with E-state index in [4.69, 9.17) is 9.90 Å². The molecule has 0 spiro atoms. The molecule has 4 N–H and O–H groups in total. The number of halogens is 3. The summed E-state index contributed by atoms with van der Waals surface area (Å²) in [5, 5.41) is 9.29. The molecule has 0 fully saturated rings. The quantitative estimate of drug-likeness (QED) is 0.496. The predicted molar refractivity (Wildman–Crippen MR) is 32.3 cm³/mol. The highest BCUT2D eigenvalue weighted by atomic mass is 19.4. The van der Waals surface area contributed by atoms with Gasteiger partial charge in [-0.2, -0.15) is 13.2 Å². The zero-order valence-electron chi connectivity index (χ0n) is 5.97. The maximum atomic E-state index is 10.6. The van der Waals surface area contributed by atoms with Crippen LogP contribution in [0.1, 0.15) is 0 Å². The van der Waals surface area contributed by atoms with Crippen LogP contribution in [0.3, 0.4) is 0 Å². The van der Waals surface area contributed by atoms with Gasteiger partial charge in [0.05, 0.1) is 0 Å². The first-order valence-corrected chi connectivity index (χ1v) is 2.49. The van der Waals surface area contributed by atoms with Gasteiger partial charge in [0.1, 0.15) is 0 Å². The predicted octanol–water partition coefficient (Wildman–Crippen LogP) is -0.0822. The molecule has 5 nitrogen and oxygen atoms in total. The third kappa shape index (κ3) is 11.3. The summed E-state index contributed by atoms with van der Waals surface area (Å²) in [6.45, 7) is 0. The molecular formula is C4H7F3N2O3. The van der Waals surface area contributed by atoms with Gasteiger partial charge in [0.25, 0.3) is 0 Å². The minimum absolute atomic E-state index is 0.495. The van der Waals surface area contributed by atoms with Gasteiger partial charge in [0, 0.05) is 7.05 Å². The molecular weight excluding hydrogens is 181 g/mol. The molecule has 0 aliphatic heterocycles. The van der Waals surface area contributed by atoms with E-state index in [0.29, 0.717) is 0 Å². The van der Waals surface area contributed by atoms with E-state index in [2.05, 4.69) is 11.1 Å². The number of primary amides is 1. The molecule has 0 aromatic heterocycles. The summed E-state index contributed by atoms with van der Waals surface area (Å²) in [4.78, 5) is 18.4. The van der Waals surface area contributed by atoms with Crippen molar-refractivity contribution in [2.75, 3.05) is 7.05 Å². The van der Waals surface area contributed by atoms with Crippen LogP contribution in [0.25, 0.3) is 0 Å². The Balaban J connectivity index is 0. The number of alkyl halides is 3. The lowest BCUT2D eigenvalue weighted by atomic mass is 10.7. The Morgan fingerprint density at radius 3 is 1.58 bits per heavy atom. The maximum absolute atomic E-state index is 10.6. The molecule has 12 heavy (non-hydrogen) atoms. The first-order valence-electron chi connectivity index (χ1n) is 2.49. The van der Waals surface area contributed by atoms with E-state index in [0.717, 1.165) is 0 Å². The number of carboxylic acids is 1. The number of hydrogen-bond acceptors (Lipinski definition) is 2. The Morgan fingerprint density at radius 2 is 1.58 bits per heavy atom. The van der Waals surface area contributed by atoms with Crippen LogP contribution < -0.4 is 11.1 Å². The molecule has 0 unspecified atom stereocenters. The standard InChI is InChI=1S/C2HF3O2.C2H6N2O/c3-2(4,5)1(6)7;1-4-2(3)5/h(H,6,7);1H3,(H3,3,4,5). The van der Waals surface area contributed by atoms with Gasteiger partial charge in [-0.15, -0.1) is 0 Å². The normalized spacial score (nSPS) is 9.33. The molecule has 0 aromatic rings. The lowest BCUT2D eigenvalue weighted by Crippen LogP contribution is -2.24. The lowest BCUT2D eigenvalue weighted by molar-refractivity contribution is -0.192. The Bertz CT molecular complexity index is 167. The van der Waals surface area contributed by atoms with Gasteiger partial charge >= 0.3 is 18.2 Å². The number of carboxylic acid groups (broad SMARTS) is 1. The molecule has 0 atom stereocenters. The molecule has 0 rings (SSSR count). The summed E-state index contributed by atoms with van der Waals surface area (Å²) >= 11 is 0. The molecule has 0 bridgehead atoms. The molecule has 0 aliphatic rings. The first kappa shape index (κ1) is 13.1. The van der Waals surface area contributed by atoms with Crippen LogP contribution in [0.15, 0.2) is 0 Å². The van der Waals surface area contributed by atoms with E-state index >= 15 is 0 Å². The van der Waals surface area contributed by atoms with E-state index in [1.54, 1.807) is 0 Å². The molecule has 0 heterocycles. The highest BCUT2D eigenvalue weighted by Gasteiger charge is 2.38. The summed E-state index contributed by atoms with van der Waals surface area (Å²) < 4.78 is 31.7. The van der Waals surface area contributed by atoms with Crippen molar-refractivity contribution in [3.8, 4) is 0 Å². The molecule has 8 heteroatoms. The number of nitrogens with one attached hydrogen (secondary N) is 1. The second-order valence-electron chi connectivity index (χ2n) is 1.42. The van der Waals surface area contributed by atoms with Crippen molar-refractivity contribution in [3.63, 3.8) is 0 Å². The number of amides is 2. The summed E-state index contributed by atoms with van der Waals surface area (Å²) in [5.74, 6) is -2.76. The third-order valence-corrected chi connectivity index (χ3v) is 0.489. The van der Waals surface area contributed by atoms with E-state index in [1.165, 1.54) is 7.05 Å². The molecule has 0 radical (unpaired) electrons. The van der Waals surface area contributed by atoms with Crippen LogP contribution >= 0.6 is 0 Å². The van der Waals surface area contributed by atoms with Crippen molar-refractivity contribution in [3.05, 3.63) is 0 Å². The highest BCUT2D eigenvalue weighted by molar-refractivity contribution is 5.73. The number of urea groups is 1. The highest BCUT2D eigenvalue weighted by Crippen LogP contribution is 2.13. The van der Waals surface area contributed by atoms with Crippen LogP contribution in [-0.2, 0) is 4.79 Å². The van der Waals surface area contributed by atoms with Crippen LogP contribution in [-0.4, -0.2) is 30.3 Å². The maximum Gasteiger partial charge on any atom is 0.490 e. The van der Waals surface area contributed by atoms with E-state index in [1.807, 2.05) is 0 Å². The van der Waals surface area contributed by atoms with Crippen molar-refractivity contribution < 1.29 is 27.9 Å². The zero-order chi connectivity index (χ0) is 10.4. The second-order valence-corrected chi connectivity index (χ2v) is 1.42. The van der Waals surface area contributed by atoms with Gasteiger partial charge < -0.3 is 16.2 Å². The van der Waals surface area contributed by atoms with Crippen LogP contribution in [0, 0.1) is 0 Å². The van der Waals surface area contributed by atoms with Crippen molar-refractivity contribution in [2.45, 2.75) is 6.18 Å². The number of carbonyl (C=O) groups is 2. The topological polar surface area (TPSA) is 92.4 Å². The average Bonchev–Trinajstić information content (AvgIpc) is 1.87. The first-order chi connectivity index (χ1) is 5.21. The van der Waals surface area contributed by atoms with Gasteiger partial charge in [-0.05, 0) is 0 Å². The zero-order valence-corrected chi connectivity index (χ0v) is 5.97. The van der Waals surface area contributed by atoms with Gasteiger partial charge in [-0.25, -0.2) is 9.59 Å². The average molecular weight is 188 g/mol. The molecule has 72 valence electrons. The third-order valence-electron chi connectivity index (χ3n) is 0.489. The molecule has 2 amide bonds. The molecule has 0 saturated carbocycles. The Kier molecular flexibility index (Phi) is 5.71. The van der Waals surface area contributed by atoms with Gasteiger partial charge in [-0.1, -0.05) is 0 Å². The molecule has 0 aliphatic carbocycles. The van der Waals surface area contributed by atoms with E-state index in [9.17, 15) is 18.0 Å². The SMILES string of the molecule is CNC(N)=O.O=C(O)C(F)(F)F. The fraction of sp³-hybridized carbons (Fsp3) is 0.500. The van der Waals surface area contributed by atoms with Crippen LogP contribution in [0.4, 0.5) is 18.0 Å². The van der Waals surface area contributed by atoms with Gasteiger partial charge in [0.15, 0.2) is 0 Å². The van der Waals surface area contributed by atoms with Crippen LogP contribution in [0.2, 0.25) is 0 Å². The summed E-state index contributed by atoms with van der Waals surface area (Å²) in [6, 6.07) is -0.495. The monoisotopic (exact) mass is 188 g/mol. The van der Waals surface area contributed by atoms with Crippen molar-refractivity contribution in [1.29, 1.82) is 0 Å². The Morgan fingerprint density at radius 1 is 1.42 bits per heavy atom. The number of hydrogen-bond donors (Lipinski definition) is 3. The van der Waals surface area contributed by atoms with E-state index in [-0.39, 0.29) is 0 Å². The van der Waals surface area contributed by atoms with Gasteiger partial charge in [-0.3, -0.25) is 0 Å². The number of aliphatic carboxylic acids is 1. The largest absolute Gasteiger partial charge is 0.490 e. The minimum Gasteiger partial charge on any atom is -0.475 e. The number of nitrogens with two attached hydrogens (primary N) is 1. The Labute approximate surface area is 65.3 Å². The summed E-state index contributed by atoms with van der Waals surface area (Å²) in [5.41, 5.74) is 4.54. The minimum atomic E-state index is -5.08. The van der Waals surface area contributed by atoms with Crippen molar-refractivity contribution in [2.24, 2.45) is 5.73 Å². The molecule has 0 saturated heterocycles. The number of carbonyl (C=O) groups excluding carboxylic acids is 1. The number of rotatable bonds is 0. The summed E-state index contributed by atoms with van der Waals surface area (Å²) in [6.07, 6.45) is -5.08. The van der Waals surface area contributed by atoms with Gasteiger partial charge in [0.2, 0.25) is 0 Å². The van der Waals surface area contributed by atoms with E-state index < -0.39 is 18.2 Å². The summed E-state index contributed by atoms with van der Waals surface area (Å²) in [7, 11) is 1.47.